The highest BCUT2D eigenvalue weighted by Crippen LogP contribution is 2.25. The molecule has 2 N–H and O–H groups in total. The Kier molecular flexibility index (Phi) is 11.1. The number of unbranched alkanes of at least 4 members (excludes halogenated alkanes) is 6. The van der Waals surface area contributed by atoms with E-state index >= 15 is 0 Å². The molecule has 0 aliphatic carbocycles. The Bertz CT molecular complexity index is 257. The number of hydrogen-bond acceptors (Lipinski definition) is 4. The molecular formula is C18H36O4. The Morgan fingerprint density at radius 3 is 2.32 bits per heavy atom. The Morgan fingerprint density at radius 1 is 0.955 bits per heavy atom. The Morgan fingerprint density at radius 2 is 1.64 bits per heavy atom. The predicted molar refractivity (Wildman–Crippen MR) is 88.5 cm³/mol. The number of rotatable bonds is 12. The summed E-state index contributed by atoms with van der Waals surface area (Å²) in [5, 5.41) is 19.9. The van der Waals surface area contributed by atoms with Gasteiger partial charge in [-0.2, -0.15) is 0 Å². The first kappa shape index (κ1) is 19.9. The van der Waals surface area contributed by atoms with Crippen molar-refractivity contribution in [2.45, 2.75) is 116 Å². The molecule has 22 heavy (non-hydrogen) atoms. The first-order chi connectivity index (χ1) is 10.7. The van der Waals surface area contributed by atoms with E-state index in [2.05, 4.69) is 13.8 Å². The molecule has 1 aliphatic rings. The van der Waals surface area contributed by atoms with Gasteiger partial charge in [0.1, 0.15) is 0 Å². The molecule has 1 saturated heterocycles. The quantitative estimate of drug-likeness (QED) is 0.532. The second kappa shape index (κ2) is 12.3. The van der Waals surface area contributed by atoms with Gasteiger partial charge in [-0.15, -0.1) is 0 Å². The molecule has 4 atom stereocenters. The van der Waals surface area contributed by atoms with Gasteiger partial charge in [0, 0.05) is 12.8 Å². The summed E-state index contributed by atoms with van der Waals surface area (Å²) in [7, 11) is 0. The van der Waals surface area contributed by atoms with Crippen LogP contribution in [0.5, 0.6) is 0 Å². The zero-order chi connectivity index (χ0) is 16.2. The zero-order valence-corrected chi connectivity index (χ0v) is 14.5. The van der Waals surface area contributed by atoms with Crippen molar-refractivity contribution in [2.75, 3.05) is 0 Å². The van der Waals surface area contributed by atoms with Crippen LogP contribution >= 0.6 is 0 Å². The molecule has 4 heteroatoms. The van der Waals surface area contributed by atoms with Crippen molar-refractivity contribution in [1.29, 1.82) is 0 Å². The standard InChI is InChI=1S/C18H36O4/c1-3-5-7-9-11-15(19)13-18-21-16(14-17(20)22-18)12-10-8-6-4-2/h15-20H,3-14H2,1-2H3/t15-,16-,17-,18-/m1/s1. The minimum Gasteiger partial charge on any atom is -0.393 e. The van der Waals surface area contributed by atoms with E-state index in [9.17, 15) is 10.2 Å². The van der Waals surface area contributed by atoms with Gasteiger partial charge >= 0.3 is 0 Å². The van der Waals surface area contributed by atoms with E-state index in [0.29, 0.717) is 12.8 Å². The summed E-state index contributed by atoms with van der Waals surface area (Å²) in [5.74, 6) is 0. The third-order valence-electron chi connectivity index (χ3n) is 4.35. The van der Waals surface area contributed by atoms with Gasteiger partial charge in [-0.05, 0) is 12.8 Å². The second-order valence-electron chi connectivity index (χ2n) is 6.60. The van der Waals surface area contributed by atoms with Crippen LogP contribution in [0, 0.1) is 0 Å². The third-order valence-corrected chi connectivity index (χ3v) is 4.35. The van der Waals surface area contributed by atoms with E-state index in [0.717, 1.165) is 25.7 Å². The summed E-state index contributed by atoms with van der Waals surface area (Å²) in [4.78, 5) is 0. The van der Waals surface area contributed by atoms with Crippen LogP contribution in [0.2, 0.25) is 0 Å². The van der Waals surface area contributed by atoms with Crippen LogP contribution in [0.3, 0.4) is 0 Å². The molecule has 132 valence electrons. The molecule has 4 nitrogen and oxygen atoms in total. The minimum absolute atomic E-state index is 0.0675. The van der Waals surface area contributed by atoms with Crippen molar-refractivity contribution >= 4 is 0 Å². The largest absolute Gasteiger partial charge is 0.393 e. The highest BCUT2D eigenvalue weighted by molar-refractivity contribution is 4.69. The van der Waals surface area contributed by atoms with E-state index in [1.54, 1.807) is 0 Å². The van der Waals surface area contributed by atoms with E-state index in [-0.39, 0.29) is 6.10 Å². The molecule has 1 rings (SSSR count). The molecule has 0 unspecified atom stereocenters. The number of hydrogen-bond donors (Lipinski definition) is 2. The monoisotopic (exact) mass is 316 g/mol. The van der Waals surface area contributed by atoms with Gasteiger partial charge in [-0.1, -0.05) is 65.2 Å². The molecule has 0 aromatic rings. The lowest BCUT2D eigenvalue weighted by Crippen LogP contribution is -2.39. The molecule has 0 aromatic heterocycles. The summed E-state index contributed by atoms with van der Waals surface area (Å²) in [6, 6.07) is 0. The predicted octanol–water partition coefficient (Wildman–Crippen LogP) is 4.13. The Labute approximate surface area is 136 Å². The molecule has 1 fully saturated rings. The van der Waals surface area contributed by atoms with Crippen LogP contribution in [0.1, 0.15) is 90.9 Å². The Balaban J connectivity index is 2.21. The van der Waals surface area contributed by atoms with Gasteiger partial charge < -0.3 is 19.7 Å². The summed E-state index contributed by atoms with van der Waals surface area (Å²) in [6.07, 6.45) is 10.7. The van der Waals surface area contributed by atoms with E-state index in [1.807, 2.05) is 0 Å². The average molecular weight is 316 g/mol. The van der Waals surface area contributed by atoms with Gasteiger partial charge in [0.15, 0.2) is 12.6 Å². The lowest BCUT2D eigenvalue weighted by Gasteiger charge is -2.34. The number of aliphatic hydroxyl groups excluding tert-OH is 2. The van der Waals surface area contributed by atoms with Gasteiger partial charge in [0.2, 0.25) is 0 Å². The highest BCUT2D eigenvalue weighted by Gasteiger charge is 2.29. The highest BCUT2D eigenvalue weighted by atomic mass is 16.7. The fourth-order valence-electron chi connectivity index (χ4n) is 3.00. The van der Waals surface area contributed by atoms with Crippen LogP contribution in [0.4, 0.5) is 0 Å². The molecule has 0 aromatic carbocycles. The van der Waals surface area contributed by atoms with Crippen molar-refractivity contribution < 1.29 is 19.7 Å². The molecule has 0 saturated carbocycles. The van der Waals surface area contributed by atoms with Crippen LogP contribution in [-0.4, -0.2) is 35.0 Å². The molecule has 0 spiro atoms. The maximum Gasteiger partial charge on any atom is 0.163 e. The summed E-state index contributed by atoms with van der Waals surface area (Å²) in [6.45, 7) is 4.38. The summed E-state index contributed by atoms with van der Waals surface area (Å²) < 4.78 is 11.3. The molecule has 0 amide bonds. The van der Waals surface area contributed by atoms with Crippen molar-refractivity contribution in [1.82, 2.24) is 0 Å². The lowest BCUT2D eigenvalue weighted by atomic mass is 10.0. The SMILES string of the molecule is CCCCCC[C@@H](O)C[C@@H]1O[C@H](CCCCCC)C[C@H](O)O1. The average Bonchev–Trinajstić information content (AvgIpc) is 2.48. The molecular weight excluding hydrogens is 280 g/mol. The minimum atomic E-state index is -0.748. The number of ether oxygens (including phenoxy) is 2. The maximum atomic E-state index is 10.1. The summed E-state index contributed by atoms with van der Waals surface area (Å²) in [5.41, 5.74) is 0. The van der Waals surface area contributed by atoms with Crippen LogP contribution < -0.4 is 0 Å². The van der Waals surface area contributed by atoms with Crippen molar-refractivity contribution in [3.63, 3.8) is 0 Å². The topological polar surface area (TPSA) is 58.9 Å². The normalized spacial score (nSPS) is 27.0. The van der Waals surface area contributed by atoms with E-state index in [4.69, 9.17) is 9.47 Å². The van der Waals surface area contributed by atoms with E-state index in [1.165, 1.54) is 38.5 Å². The van der Waals surface area contributed by atoms with Crippen molar-refractivity contribution in [3.8, 4) is 0 Å². The van der Waals surface area contributed by atoms with Crippen LogP contribution in [-0.2, 0) is 9.47 Å². The molecule has 0 radical (unpaired) electrons. The lowest BCUT2D eigenvalue weighted by molar-refractivity contribution is -0.300. The van der Waals surface area contributed by atoms with Gasteiger partial charge in [-0.3, -0.25) is 0 Å². The molecule has 1 aliphatic heterocycles. The third kappa shape index (κ3) is 9.09. The molecule has 0 bridgehead atoms. The summed E-state index contributed by atoms with van der Waals surface area (Å²) >= 11 is 0. The van der Waals surface area contributed by atoms with Gasteiger partial charge in [0.05, 0.1) is 12.2 Å². The Hall–Kier alpha value is -0.160. The van der Waals surface area contributed by atoms with E-state index < -0.39 is 18.7 Å². The smallest absolute Gasteiger partial charge is 0.163 e. The fourth-order valence-corrected chi connectivity index (χ4v) is 3.00. The zero-order valence-electron chi connectivity index (χ0n) is 14.5. The van der Waals surface area contributed by atoms with Crippen LogP contribution in [0.25, 0.3) is 0 Å². The number of aliphatic hydroxyl groups is 2. The second-order valence-corrected chi connectivity index (χ2v) is 6.60. The van der Waals surface area contributed by atoms with Crippen molar-refractivity contribution in [2.24, 2.45) is 0 Å². The first-order valence-corrected chi connectivity index (χ1v) is 9.32. The fraction of sp³-hybridized carbons (Fsp3) is 1.00. The van der Waals surface area contributed by atoms with Crippen LogP contribution in [0.15, 0.2) is 0 Å². The van der Waals surface area contributed by atoms with Gasteiger partial charge in [-0.25, -0.2) is 0 Å². The first-order valence-electron chi connectivity index (χ1n) is 9.32. The van der Waals surface area contributed by atoms with Gasteiger partial charge in [0.25, 0.3) is 0 Å². The maximum absolute atomic E-state index is 10.1. The van der Waals surface area contributed by atoms with Crippen molar-refractivity contribution in [3.05, 3.63) is 0 Å². The molecule has 1 heterocycles.